The molecule has 0 saturated heterocycles. The van der Waals surface area contributed by atoms with Gasteiger partial charge in [0.2, 0.25) is 0 Å². The van der Waals surface area contributed by atoms with Crippen LogP contribution in [-0.2, 0) is 6.54 Å². The maximum atomic E-state index is 5.96. The molecule has 1 heterocycles. The number of pyridine rings is 1. The van der Waals surface area contributed by atoms with Crippen molar-refractivity contribution in [2.75, 3.05) is 11.4 Å². The van der Waals surface area contributed by atoms with Crippen LogP contribution in [0.25, 0.3) is 10.9 Å². The molecule has 21 heavy (non-hydrogen) atoms. The third-order valence-electron chi connectivity index (χ3n) is 4.66. The molecule has 1 aliphatic carbocycles. The van der Waals surface area contributed by atoms with Crippen LogP contribution in [0.3, 0.4) is 0 Å². The minimum atomic E-state index is 0.568. The SMILES string of the molecule is CCN(c1cc(CN)c2ccccc2n1)C1CCCCC1. The summed E-state index contributed by atoms with van der Waals surface area (Å²) in [5.74, 6) is 1.10. The van der Waals surface area contributed by atoms with Gasteiger partial charge in [0, 0.05) is 24.5 Å². The summed E-state index contributed by atoms with van der Waals surface area (Å²) < 4.78 is 0. The summed E-state index contributed by atoms with van der Waals surface area (Å²) >= 11 is 0. The van der Waals surface area contributed by atoms with Crippen molar-refractivity contribution >= 4 is 16.7 Å². The number of benzene rings is 1. The normalized spacial score (nSPS) is 16.3. The maximum absolute atomic E-state index is 5.96. The van der Waals surface area contributed by atoms with Crippen molar-refractivity contribution in [2.45, 2.75) is 51.6 Å². The molecule has 2 N–H and O–H groups in total. The van der Waals surface area contributed by atoms with Crippen LogP contribution in [0.15, 0.2) is 30.3 Å². The van der Waals surface area contributed by atoms with Crippen molar-refractivity contribution in [1.29, 1.82) is 0 Å². The molecule has 0 aliphatic heterocycles. The molecular formula is C18H25N3. The number of aromatic nitrogens is 1. The fourth-order valence-corrected chi connectivity index (χ4v) is 3.55. The van der Waals surface area contributed by atoms with Gasteiger partial charge in [0.15, 0.2) is 0 Å². The average molecular weight is 283 g/mol. The molecule has 3 heteroatoms. The molecule has 1 aromatic carbocycles. The van der Waals surface area contributed by atoms with Crippen LogP contribution >= 0.6 is 0 Å². The highest BCUT2D eigenvalue weighted by Gasteiger charge is 2.21. The molecule has 1 aliphatic rings. The molecular weight excluding hydrogens is 258 g/mol. The summed E-state index contributed by atoms with van der Waals surface area (Å²) in [5, 5.41) is 1.18. The fraction of sp³-hybridized carbons (Fsp3) is 0.500. The molecule has 0 unspecified atom stereocenters. The van der Waals surface area contributed by atoms with Crippen molar-refractivity contribution in [2.24, 2.45) is 5.73 Å². The zero-order chi connectivity index (χ0) is 14.7. The van der Waals surface area contributed by atoms with Crippen LogP contribution in [0.2, 0.25) is 0 Å². The van der Waals surface area contributed by atoms with Gasteiger partial charge >= 0.3 is 0 Å². The number of hydrogen-bond acceptors (Lipinski definition) is 3. The Labute approximate surface area is 127 Å². The average Bonchev–Trinajstić information content (AvgIpc) is 2.56. The Morgan fingerprint density at radius 1 is 1.19 bits per heavy atom. The lowest BCUT2D eigenvalue weighted by Gasteiger charge is -2.35. The van der Waals surface area contributed by atoms with Crippen LogP contribution in [0.4, 0.5) is 5.82 Å². The number of nitrogens with zero attached hydrogens (tertiary/aromatic N) is 2. The highest BCUT2D eigenvalue weighted by Crippen LogP contribution is 2.29. The van der Waals surface area contributed by atoms with Gasteiger partial charge in [-0.05, 0) is 37.5 Å². The highest BCUT2D eigenvalue weighted by molar-refractivity contribution is 5.84. The van der Waals surface area contributed by atoms with E-state index < -0.39 is 0 Å². The lowest BCUT2D eigenvalue weighted by molar-refractivity contribution is 0.416. The molecule has 2 aromatic rings. The molecule has 0 radical (unpaired) electrons. The summed E-state index contributed by atoms with van der Waals surface area (Å²) in [6, 6.07) is 11.2. The van der Waals surface area contributed by atoms with Gasteiger partial charge in [-0.1, -0.05) is 37.5 Å². The first-order valence-corrected chi connectivity index (χ1v) is 8.19. The van der Waals surface area contributed by atoms with E-state index >= 15 is 0 Å². The van der Waals surface area contributed by atoms with E-state index in [4.69, 9.17) is 10.7 Å². The maximum Gasteiger partial charge on any atom is 0.129 e. The van der Waals surface area contributed by atoms with E-state index in [1.807, 2.05) is 0 Å². The number of para-hydroxylation sites is 1. The first-order chi connectivity index (χ1) is 10.3. The quantitative estimate of drug-likeness (QED) is 0.926. The largest absolute Gasteiger partial charge is 0.354 e. The summed E-state index contributed by atoms with van der Waals surface area (Å²) in [4.78, 5) is 7.38. The Morgan fingerprint density at radius 3 is 2.67 bits per heavy atom. The standard InChI is InChI=1S/C18H25N3/c1-2-21(15-8-4-3-5-9-15)18-12-14(13-19)16-10-6-7-11-17(16)20-18/h6-7,10-12,15H,2-5,8-9,13,19H2,1H3. The third-order valence-corrected chi connectivity index (χ3v) is 4.66. The topological polar surface area (TPSA) is 42.1 Å². The van der Waals surface area contributed by atoms with E-state index in [-0.39, 0.29) is 0 Å². The number of anilines is 1. The summed E-state index contributed by atoms with van der Waals surface area (Å²) in [7, 11) is 0. The van der Waals surface area contributed by atoms with Crippen LogP contribution in [0, 0.1) is 0 Å². The van der Waals surface area contributed by atoms with Gasteiger partial charge in [0.05, 0.1) is 5.52 Å². The Kier molecular flexibility index (Phi) is 4.39. The van der Waals surface area contributed by atoms with E-state index in [0.29, 0.717) is 12.6 Å². The van der Waals surface area contributed by atoms with Gasteiger partial charge in [-0.25, -0.2) is 4.98 Å². The van der Waals surface area contributed by atoms with Gasteiger partial charge in [-0.15, -0.1) is 0 Å². The second-order valence-electron chi connectivity index (χ2n) is 5.94. The Bertz CT molecular complexity index is 602. The van der Waals surface area contributed by atoms with Gasteiger partial charge < -0.3 is 10.6 Å². The molecule has 1 saturated carbocycles. The molecule has 1 fully saturated rings. The van der Waals surface area contributed by atoms with Crippen molar-refractivity contribution in [3.05, 3.63) is 35.9 Å². The van der Waals surface area contributed by atoms with E-state index in [1.54, 1.807) is 0 Å². The van der Waals surface area contributed by atoms with Gasteiger partial charge in [-0.2, -0.15) is 0 Å². The number of rotatable bonds is 4. The highest BCUT2D eigenvalue weighted by atomic mass is 15.2. The minimum absolute atomic E-state index is 0.568. The smallest absolute Gasteiger partial charge is 0.129 e. The number of hydrogen-bond donors (Lipinski definition) is 1. The minimum Gasteiger partial charge on any atom is -0.354 e. The van der Waals surface area contributed by atoms with Gasteiger partial charge in [0.25, 0.3) is 0 Å². The molecule has 3 rings (SSSR count). The zero-order valence-corrected chi connectivity index (χ0v) is 12.9. The second kappa shape index (κ2) is 6.44. The predicted molar refractivity (Wildman–Crippen MR) is 89.5 cm³/mol. The Balaban J connectivity index is 2.01. The molecule has 0 spiro atoms. The Morgan fingerprint density at radius 2 is 1.95 bits per heavy atom. The van der Waals surface area contributed by atoms with Crippen molar-refractivity contribution in [1.82, 2.24) is 4.98 Å². The molecule has 1 aromatic heterocycles. The van der Waals surface area contributed by atoms with Crippen molar-refractivity contribution in [3.63, 3.8) is 0 Å². The van der Waals surface area contributed by atoms with Crippen LogP contribution < -0.4 is 10.6 Å². The predicted octanol–water partition coefficient (Wildman–Crippen LogP) is 3.85. The van der Waals surface area contributed by atoms with Gasteiger partial charge in [-0.3, -0.25) is 0 Å². The summed E-state index contributed by atoms with van der Waals surface area (Å²) in [5.41, 5.74) is 8.22. The first kappa shape index (κ1) is 14.3. The second-order valence-corrected chi connectivity index (χ2v) is 5.94. The molecule has 0 amide bonds. The van der Waals surface area contributed by atoms with Gasteiger partial charge in [0.1, 0.15) is 5.82 Å². The van der Waals surface area contributed by atoms with Crippen LogP contribution in [0.5, 0.6) is 0 Å². The van der Waals surface area contributed by atoms with E-state index in [0.717, 1.165) is 17.9 Å². The third kappa shape index (κ3) is 2.88. The van der Waals surface area contributed by atoms with Crippen molar-refractivity contribution in [3.8, 4) is 0 Å². The lowest BCUT2D eigenvalue weighted by Crippen LogP contribution is -2.37. The Hall–Kier alpha value is -1.61. The molecule has 0 atom stereocenters. The van der Waals surface area contributed by atoms with Crippen LogP contribution in [-0.4, -0.2) is 17.6 Å². The van der Waals surface area contributed by atoms with E-state index in [9.17, 15) is 0 Å². The van der Waals surface area contributed by atoms with E-state index in [2.05, 4.69) is 42.2 Å². The first-order valence-electron chi connectivity index (χ1n) is 8.19. The number of nitrogens with two attached hydrogens (primary N) is 1. The lowest BCUT2D eigenvalue weighted by atomic mass is 9.94. The van der Waals surface area contributed by atoms with Crippen LogP contribution in [0.1, 0.15) is 44.6 Å². The fourth-order valence-electron chi connectivity index (χ4n) is 3.55. The molecule has 0 bridgehead atoms. The van der Waals surface area contributed by atoms with Crippen molar-refractivity contribution < 1.29 is 0 Å². The summed E-state index contributed by atoms with van der Waals surface area (Å²) in [6.07, 6.45) is 6.66. The monoisotopic (exact) mass is 283 g/mol. The van der Waals surface area contributed by atoms with E-state index in [1.165, 1.54) is 43.1 Å². The summed E-state index contributed by atoms with van der Waals surface area (Å²) in [6.45, 7) is 3.81. The molecule has 112 valence electrons. The zero-order valence-electron chi connectivity index (χ0n) is 12.9. The number of fused-ring (bicyclic) bond motifs is 1. The molecule has 3 nitrogen and oxygen atoms in total.